The SMILES string of the molecule is CCc1cc(CNC)cc(OC(C)c2ccccc2)n1. The normalized spacial score (nSPS) is 12.2. The average molecular weight is 270 g/mol. The second-order valence-electron chi connectivity index (χ2n) is 4.86. The van der Waals surface area contributed by atoms with Crippen LogP contribution in [0, 0.1) is 0 Å². The third kappa shape index (κ3) is 3.81. The topological polar surface area (TPSA) is 34.1 Å². The number of pyridine rings is 1. The maximum atomic E-state index is 5.99. The highest BCUT2D eigenvalue weighted by Crippen LogP contribution is 2.21. The van der Waals surface area contributed by atoms with Gasteiger partial charge in [0.15, 0.2) is 0 Å². The summed E-state index contributed by atoms with van der Waals surface area (Å²) >= 11 is 0. The van der Waals surface area contributed by atoms with Gasteiger partial charge in [0.2, 0.25) is 5.88 Å². The van der Waals surface area contributed by atoms with Gasteiger partial charge in [-0.1, -0.05) is 37.3 Å². The van der Waals surface area contributed by atoms with E-state index in [9.17, 15) is 0 Å². The summed E-state index contributed by atoms with van der Waals surface area (Å²) in [5, 5.41) is 3.16. The molecule has 0 fully saturated rings. The number of aryl methyl sites for hydroxylation is 1. The lowest BCUT2D eigenvalue weighted by molar-refractivity contribution is 0.216. The minimum atomic E-state index is -0.00163. The first-order valence-corrected chi connectivity index (χ1v) is 7.09. The van der Waals surface area contributed by atoms with Crippen molar-refractivity contribution in [3.05, 3.63) is 59.3 Å². The number of rotatable bonds is 6. The molecule has 2 rings (SSSR count). The van der Waals surface area contributed by atoms with Crippen molar-refractivity contribution >= 4 is 0 Å². The smallest absolute Gasteiger partial charge is 0.214 e. The summed E-state index contributed by atoms with van der Waals surface area (Å²) in [7, 11) is 1.94. The fourth-order valence-electron chi connectivity index (χ4n) is 2.14. The fraction of sp³-hybridized carbons (Fsp3) is 0.353. The van der Waals surface area contributed by atoms with E-state index in [1.165, 1.54) is 5.56 Å². The van der Waals surface area contributed by atoms with Crippen molar-refractivity contribution in [2.24, 2.45) is 0 Å². The molecule has 1 aromatic carbocycles. The van der Waals surface area contributed by atoms with E-state index in [1.54, 1.807) is 0 Å². The lowest BCUT2D eigenvalue weighted by Gasteiger charge is -2.16. The number of ether oxygens (including phenoxy) is 1. The van der Waals surface area contributed by atoms with E-state index in [1.807, 2.05) is 38.2 Å². The number of nitrogens with one attached hydrogen (secondary N) is 1. The van der Waals surface area contributed by atoms with Gasteiger partial charge in [0.25, 0.3) is 0 Å². The molecule has 0 amide bonds. The van der Waals surface area contributed by atoms with Crippen molar-refractivity contribution in [2.75, 3.05) is 7.05 Å². The highest BCUT2D eigenvalue weighted by atomic mass is 16.5. The van der Waals surface area contributed by atoms with E-state index in [0.717, 1.165) is 24.2 Å². The summed E-state index contributed by atoms with van der Waals surface area (Å²) in [5.41, 5.74) is 3.42. The van der Waals surface area contributed by atoms with Gasteiger partial charge >= 0.3 is 0 Å². The van der Waals surface area contributed by atoms with Crippen LogP contribution in [0.2, 0.25) is 0 Å². The molecule has 1 aromatic heterocycles. The van der Waals surface area contributed by atoms with Gasteiger partial charge < -0.3 is 10.1 Å². The summed E-state index contributed by atoms with van der Waals surface area (Å²) in [4.78, 5) is 4.55. The van der Waals surface area contributed by atoms with Crippen LogP contribution in [-0.4, -0.2) is 12.0 Å². The molecule has 106 valence electrons. The van der Waals surface area contributed by atoms with E-state index < -0.39 is 0 Å². The zero-order valence-electron chi connectivity index (χ0n) is 12.4. The number of hydrogen-bond acceptors (Lipinski definition) is 3. The van der Waals surface area contributed by atoms with Crippen molar-refractivity contribution in [3.8, 4) is 5.88 Å². The monoisotopic (exact) mass is 270 g/mol. The summed E-state index contributed by atoms with van der Waals surface area (Å²) in [6.07, 6.45) is 0.909. The molecule has 1 heterocycles. The van der Waals surface area contributed by atoms with Gasteiger partial charge in [-0.25, -0.2) is 4.98 Å². The first-order chi connectivity index (χ1) is 9.72. The zero-order chi connectivity index (χ0) is 14.4. The molecule has 0 aliphatic rings. The first kappa shape index (κ1) is 14.5. The summed E-state index contributed by atoms with van der Waals surface area (Å²) < 4.78 is 5.99. The molecule has 0 saturated heterocycles. The molecule has 0 aliphatic heterocycles. The van der Waals surface area contributed by atoms with Crippen LogP contribution in [0.15, 0.2) is 42.5 Å². The lowest BCUT2D eigenvalue weighted by Crippen LogP contribution is -2.09. The predicted octanol–water partition coefficient (Wildman–Crippen LogP) is 3.50. The van der Waals surface area contributed by atoms with Crippen LogP contribution in [0.25, 0.3) is 0 Å². The van der Waals surface area contributed by atoms with Crippen molar-refractivity contribution in [1.29, 1.82) is 0 Å². The van der Waals surface area contributed by atoms with Crippen LogP contribution < -0.4 is 10.1 Å². The van der Waals surface area contributed by atoms with Gasteiger partial charge in [0.1, 0.15) is 6.10 Å². The Morgan fingerprint density at radius 3 is 2.60 bits per heavy atom. The molecule has 1 unspecified atom stereocenters. The number of benzene rings is 1. The van der Waals surface area contributed by atoms with Gasteiger partial charge in [-0.05, 0) is 37.6 Å². The van der Waals surface area contributed by atoms with Crippen LogP contribution in [-0.2, 0) is 13.0 Å². The Morgan fingerprint density at radius 1 is 1.20 bits per heavy atom. The Labute approximate surface area is 121 Å². The van der Waals surface area contributed by atoms with Gasteiger partial charge in [0, 0.05) is 18.3 Å². The van der Waals surface area contributed by atoms with Crippen LogP contribution in [0.1, 0.15) is 36.8 Å². The molecule has 0 aliphatic carbocycles. The third-order valence-corrected chi connectivity index (χ3v) is 3.22. The van der Waals surface area contributed by atoms with Crippen LogP contribution in [0.3, 0.4) is 0 Å². The van der Waals surface area contributed by atoms with E-state index in [0.29, 0.717) is 5.88 Å². The molecule has 1 atom stereocenters. The molecule has 0 radical (unpaired) electrons. The number of aromatic nitrogens is 1. The fourth-order valence-corrected chi connectivity index (χ4v) is 2.14. The molecule has 0 bridgehead atoms. The Hall–Kier alpha value is -1.87. The highest BCUT2D eigenvalue weighted by Gasteiger charge is 2.09. The van der Waals surface area contributed by atoms with Gasteiger partial charge in [-0.15, -0.1) is 0 Å². The van der Waals surface area contributed by atoms with Crippen LogP contribution in [0.4, 0.5) is 0 Å². The lowest BCUT2D eigenvalue weighted by atomic mass is 10.1. The minimum absolute atomic E-state index is 0.00163. The second-order valence-corrected chi connectivity index (χ2v) is 4.86. The van der Waals surface area contributed by atoms with Crippen molar-refractivity contribution in [3.63, 3.8) is 0 Å². The molecular weight excluding hydrogens is 248 g/mol. The number of hydrogen-bond donors (Lipinski definition) is 1. The van der Waals surface area contributed by atoms with Crippen molar-refractivity contribution in [2.45, 2.75) is 32.9 Å². The summed E-state index contributed by atoms with van der Waals surface area (Å²) in [5.74, 6) is 0.700. The van der Waals surface area contributed by atoms with Gasteiger partial charge in [0.05, 0.1) is 0 Å². The van der Waals surface area contributed by atoms with Crippen LogP contribution in [0.5, 0.6) is 5.88 Å². The average Bonchev–Trinajstić information content (AvgIpc) is 2.48. The Morgan fingerprint density at radius 2 is 1.95 bits per heavy atom. The largest absolute Gasteiger partial charge is 0.470 e. The van der Waals surface area contributed by atoms with Gasteiger partial charge in [-0.3, -0.25) is 0 Å². The molecule has 20 heavy (non-hydrogen) atoms. The minimum Gasteiger partial charge on any atom is -0.470 e. The number of nitrogens with zero attached hydrogens (tertiary/aromatic N) is 1. The molecular formula is C17H22N2O. The molecule has 0 saturated carbocycles. The molecule has 0 spiro atoms. The maximum absolute atomic E-state index is 5.99. The first-order valence-electron chi connectivity index (χ1n) is 7.09. The van der Waals surface area contributed by atoms with E-state index >= 15 is 0 Å². The van der Waals surface area contributed by atoms with Crippen LogP contribution >= 0.6 is 0 Å². The van der Waals surface area contributed by atoms with Crippen molar-refractivity contribution in [1.82, 2.24) is 10.3 Å². The molecule has 1 N–H and O–H groups in total. The van der Waals surface area contributed by atoms with Crippen molar-refractivity contribution < 1.29 is 4.74 Å². The summed E-state index contributed by atoms with van der Waals surface area (Å²) in [6, 6.07) is 14.3. The Kier molecular flexibility index (Phi) is 5.13. The maximum Gasteiger partial charge on any atom is 0.214 e. The van der Waals surface area contributed by atoms with Gasteiger partial charge in [-0.2, -0.15) is 0 Å². The van der Waals surface area contributed by atoms with E-state index in [4.69, 9.17) is 4.74 Å². The van der Waals surface area contributed by atoms with E-state index in [2.05, 4.69) is 35.4 Å². The Balaban J connectivity index is 2.17. The quantitative estimate of drug-likeness (QED) is 0.872. The zero-order valence-corrected chi connectivity index (χ0v) is 12.4. The second kappa shape index (κ2) is 7.06. The molecule has 2 aromatic rings. The molecule has 3 heteroatoms. The highest BCUT2D eigenvalue weighted by molar-refractivity contribution is 5.26. The Bertz CT molecular complexity index is 540. The predicted molar refractivity (Wildman–Crippen MR) is 81.9 cm³/mol. The third-order valence-electron chi connectivity index (χ3n) is 3.22. The van der Waals surface area contributed by atoms with E-state index in [-0.39, 0.29) is 6.10 Å². The molecule has 3 nitrogen and oxygen atoms in total. The summed E-state index contributed by atoms with van der Waals surface area (Å²) in [6.45, 7) is 4.98. The standard InChI is InChI=1S/C17H22N2O/c1-4-16-10-14(12-18-3)11-17(19-16)20-13(2)15-8-6-5-7-9-15/h5-11,13,18H,4,12H2,1-3H3.